The van der Waals surface area contributed by atoms with Gasteiger partial charge in [-0.15, -0.1) is 0 Å². The molecule has 0 unspecified atom stereocenters. The monoisotopic (exact) mass is 165 g/mol. The molecule has 0 heterocycles. The largest absolute Gasteiger partial charge is 0.483 e. The minimum atomic E-state index is -1.78. The lowest BCUT2D eigenvalue weighted by Gasteiger charge is -2.10. The first kappa shape index (κ1) is 10.1. The summed E-state index contributed by atoms with van der Waals surface area (Å²) in [4.78, 5) is 0. The molecule has 0 aromatic rings. The third-order valence-electron chi connectivity index (χ3n) is 0.987. The Labute approximate surface area is 63.2 Å². The van der Waals surface area contributed by atoms with Gasteiger partial charge < -0.3 is 19.0 Å². The van der Waals surface area contributed by atoms with Gasteiger partial charge in [0.2, 0.25) is 0 Å². The predicted molar refractivity (Wildman–Crippen MR) is 40.8 cm³/mol. The van der Waals surface area contributed by atoms with Crippen molar-refractivity contribution in [1.29, 1.82) is 0 Å². The second-order valence-corrected chi connectivity index (χ2v) is 3.63. The van der Waals surface area contributed by atoms with Crippen LogP contribution in [0.1, 0.15) is 6.42 Å². The maximum Gasteiger partial charge on any atom is 0.483 e. The fraction of sp³-hybridized carbons (Fsp3) is 1.00. The fourth-order valence-corrected chi connectivity index (χ4v) is 1.32. The second kappa shape index (κ2) is 7.17. The van der Waals surface area contributed by atoms with E-state index in [1.54, 1.807) is 14.2 Å². The molecule has 0 amide bonds. The summed E-state index contributed by atoms with van der Waals surface area (Å²) in [7, 11) is 1.39. The third-order valence-corrected chi connectivity index (χ3v) is 2.26. The Morgan fingerprint density at radius 1 is 1.30 bits per heavy atom. The smallest absolute Gasteiger partial charge is 0.379 e. The van der Waals surface area contributed by atoms with Crippen LogP contribution in [0.15, 0.2) is 0 Å². The normalized spacial score (nSPS) is 10.8. The summed E-state index contributed by atoms with van der Waals surface area (Å²) in [6.45, 7) is 1.28. The maximum absolute atomic E-state index is 5.25. The van der Waals surface area contributed by atoms with Gasteiger partial charge in [-0.25, -0.2) is 0 Å². The highest BCUT2D eigenvalue weighted by Crippen LogP contribution is 1.88. The molecule has 0 aliphatic rings. The van der Waals surface area contributed by atoms with Crippen molar-refractivity contribution >= 4 is 9.53 Å². The Morgan fingerprint density at radius 3 is 2.30 bits per heavy atom. The molecule has 0 rings (SSSR count). The molecule has 2 N–H and O–H groups in total. The van der Waals surface area contributed by atoms with Crippen molar-refractivity contribution in [3.63, 3.8) is 0 Å². The van der Waals surface area contributed by atoms with Gasteiger partial charge in [0, 0.05) is 20.8 Å². The first-order valence-electron chi connectivity index (χ1n) is 3.22. The Bertz CT molecular complexity index is 69.9. The zero-order valence-electron chi connectivity index (χ0n) is 6.50. The van der Waals surface area contributed by atoms with Gasteiger partial charge in [0.15, 0.2) is 0 Å². The summed E-state index contributed by atoms with van der Waals surface area (Å²) < 4.78 is 15.0. The Hall–Kier alpha value is 0.0569. The van der Waals surface area contributed by atoms with Crippen molar-refractivity contribution in [3.8, 4) is 0 Å². The number of hydrogen-bond acceptors (Lipinski definition) is 4. The van der Waals surface area contributed by atoms with Gasteiger partial charge in [-0.3, -0.25) is 0 Å². The first-order chi connectivity index (χ1) is 4.85. The molecule has 10 heavy (non-hydrogen) atoms. The highest BCUT2D eigenvalue weighted by atomic mass is 28.3. The zero-order valence-corrected chi connectivity index (χ0v) is 7.66. The summed E-state index contributed by atoms with van der Waals surface area (Å²) in [5, 5.41) is 0. The lowest BCUT2D eigenvalue weighted by molar-refractivity contribution is 0.135. The molecule has 0 spiro atoms. The molecule has 0 aliphatic carbocycles. The summed E-state index contributed by atoms with van der Waals surface area (Å²) in [6.07, 6.45) is 0.857. The molecular formula is C5H15NO3Si. The van der Waals surface area contributed by atoms with E-state index >= 15 is 0 Å². The van der Waals surface area contributed by atoms with Crippen molar-refractivity contribution in [3.05, 3.63) is 0 Å². The van der Waals surface area contributed by atoms with Gasteiger partial charge >= 0.3 is 9.53 Å². The van der Waals surface area contributed by atoms with Gasteiger partial charge in [-0.2, -0.15) is 0 Å². The van der Waals surface area contributed by atoms with E-state index in [4.69, 9.17) is 19.0 Å². The third kappa shape index (κ3) is 4.89. The fourth-order valence-electron chi connectivity index (χ4n) is 0.495. The van der Waals surface area contributed by atoms with E-state index in [0.29, 0.717) is 13.2 Å². The van der Waals surface area contributed by atoms with Crippen LogP contribution in [0.3, 0.4) is 0 Å². The Morgan fingerprint density at radius 2 is 1.90 bits per heavy atom. The highest BCUT2D eigenvalue weighted by molar-refractivity contribution is 6.36. The lowest BCUT2D eigenvalue weighted by Crippen LogP contribution is -2.25. The standard InChI is InChI=1S/C5H15NO3Si/c1-7-10(8-2)9-5-3-4-6/h10H,3-6H2,1-2H3. The van der Waals surface area contributed by atoms with Crippen molar-refractivity contribution in [1.82, 2.24) is 0 Å². The van der Waals surface area contributed by atoms with Crippen LogP contribution in [-0.4, -0.2) is 36.9 Å². The summed E-state index contributed by atoms with van der Waals surface area (Å²) in [6, 6.07) is 0. The first-order valence-corrected chi connectivity index (χ1v) is 4.63. The van der Waals surface area contributed by atoms with Crippen LogP contribution in [0.5, 0.6) is 0 Å². The van der Waals surface area contributed by atoms with Gasteiger partial charge in [0.05, 0.1) is 0 Å². The van der Waals surface area contributed by atoms with Crippen LogP contribution in [-0.2, 0) is 13.3 Å². The average molecular weight is 165 g/mol. The van der Waals surface area contributed by atoms with Crippen molar-refractivity contribution in [2.75, 3.05) is 27.4 Å². The molecule has 0 atom stereocenters. The molecule has 0 bridgehead atoms. The molecule has 0 saturated carbocycles. The van der Waals surface area contributed by atoms with E-state index in [-0.39, 0.29) is 0 Å². The summed E-state index contributed by atoms with van der Waals surface area (Å²) >= 11 is 0. The van der Waals surface area contributed by atoms with Crippen LogP contribution in [0.25, 0.3) is 0 Å². The minimum Gasteiger partial charge on any atom is -0.379 e. The number of hydrogen-bond donors (Lipinski definition) is 1. The van der Waals surface area contributed by atoms with Gasteiger partial charge in [-0.1, -0.05) is 0 Å². The maximum atomic E-state index is 5.25. The van der Waals surface area contributed by atoms with Crippen molar-refractivity contribution < 1.29 is 13.3 Å². The predicted octanol–water partition coefficient (Wildman–Crippen LogP) is -0.638. The van der Waals surface area contributed by atoms with Crippen LogP contribution >= 0.6 is 0 Å². The Kier molecular flexibility index (Phi) is 7.21. The van der Waals surface area contributed by atoms with E-state index in [9.17, 15) is 0 Å². The lowest BCUT2D eigenvalue weighted by atomic mass is 10.5. The minimum absolute atomic E-state index is 0.634. The molecule has 0 fully saturated rings. The molecule has 0 aliphatic heterocycles. The van der Waals surface area contributed by atoms with Crippen LogP contribution in [0.4, 0.5) is 0 Å². The molecule has 0 saturated heterocycles. The molecule has 0 aromatic carbocycles. The highest BCUT2D eigenvalue weighted by Gasteiger charge is 2.08. The van der Waals surface area contributed by atoms with E-state index in [1.165, 1.54) is 0 Å². The number of nitrogens with two attached hydrogens (primary N) is 1. The molecule has 0 aromatic heterocycles. The van der Waals surface area contributed by atoms with E-state index < -0.39 is 9.53 Å². The topological polar surface area (TPSA) is 53.7 Å². The second-order valence-electron chi connectivity index (χ2n) is 1.77. The number of rotatable bonds is 6. The molecule has 62 valence electrons. The summed E-state index contributed by atoms with van der Waals surface area (Å²) in [5.41, 5.74) is 5.25. The van der Waals surface area contributed by atoms with E-state index in [1.807, 2.05) is 0 Å². The average Bonchev–Trinajstić information content (AvgIpc) is 1.99. The van der Waals surface area contributed by atoms with Crippen molar-refractivity contribution in [2.24, 2.45) is 5.73 Å². The van der Waals surface area contributed by atoms with Gasteiger partial charge in [0.25, 0.3) is 0 Å². The van der Waals surface area contributed by atoms with Crippen LogP contribution in [0.2, 0.25) is 0 Å². The van der Waals surface area contributed by atoms with Gasteiger partial charge in [0.1, 0.15) is 0 Å². The molecule has 4 nitrogen and oxygen atoms in total. The SMILES string of the molecule is CO[SiH](OC)OCCCN. The Balaban J connectivity index is 3.09. The van der Waals surface area contributed by atoms with Crippen molar-refractivity contribution in [2.45, 2.75) is 6.42 Å². The molecule has 5 heteroatoms. The van der Waals surface area contributed by atoms with Gasteiger partial charge in [-0.05, 0) is 13.0 Å². The summed E-state index contributed by atoms with van der Waals surface area (Å²) in [5.74, 6) is 0. The van der Waals surface area contributed by atoms with Crippen LogP contribution < -0.4 is 5.73 Å². The van der Waals surface area contributed by atoms with E-state index in [2.05, 4.69) is 0 Å². The molecular weight excluding hydrogens is 150 g/mol. The van der Waals surface area contributed by atoms with E-state index in [0.717, 1.165) is 6.42 Å². The zero-order chi connectivity index (χ0) is 7.82. The van der Waals surface area contributed by atoms with Crippen LogP contribution in [0, 0.1) is 0 Å². The molecule has 0 radical (unpaired) electrons. The quantitative estimate of drug-likeness (QED) is 0.420.